The molecule has 1 unspecified atom stereocenters. The zero-order valence-electron chi connectivity index (χ0n) is 25.9. The Kier molecular flexibility index (Phi) is 12.5. The third kappa shape index (κ3) is 9.18. The minimum atomic E-state index is -0.783. The van der Waals surface area contributed by atoms with Crippen molar-refractivity contribution in [3.8, 4) is 12.1 Å². The van der Waals surface area contributed by atoms with Crippen LogP contribution in [0.25, 0.3) is 0 Å². The van der Waals surface area contributed by atoms with Gasteiger partial charge in [-0.1, -0.05) is 31.2 Å². The molecule has 1 aliphatic rings. The Morgan fingerprint density at radius 3 is 2.15 bits per heavy atom. The topological polar surface area (TPSA) is 158 Å². The molecule has 238 valence electrons. The van der Waals surface area contributed by atoms with Crippen LogP contribution in [0, 0.1) is 22.7 Å². The Hall–Kier alpha value is -5.19. The van der Waals surface area contributed by atoms with Gasteiger partial charge in [0.15, 0.2) is 0 Å². The molecule has 12 heteroatoms. The van der Waals surface area contributed by atoms with Crippen molar-refractivity contribution in [2.24, 2.45) is 0 Å². The van der Waals surface area contributed by atoms with Gasteiger partial charge in [-0.3, -0.25) is 14.4 Å². The summed E-state index contributed by atoms with van der Waals surface area (Å²) in [6, 6.07) is 22.6. The van der Waals surface area contributed by atoms with Crippen LogP contribution in [-0.2, 0) is 14.4 Å². The quantitative estimate of drug-likeness (QED) is 0.0346. The van der Waals surface area contributed by atoms with Crippen LogP contribution in [0.5, 0.6) is 0 Å². The van der Waals surface area contributed by atoms with Crippen LogP contribution in [0.4, 0.5) is 17.1 Å². The molecule has 0 bridgehead atoms. The van der Waals surface area contributed by atoms with Gasteiger partial charge < -0.3 is 25.4 Å². The summed E-state index contributed by atoms with van der Waals surface area (Å²) in [7, 11) is -0.783. The van der Waals surface area contributed by atoms with Crippen molar-refractivity contribution >= 4 is 60.1 Å². The van der Waals surface area contributed by atoms with Crippen LogP contribution in [0.15, 0.2) is 107 Å². The molecule has 47 heavy (non-hydrogen) atoms. The second-order valence-corrected chi connectivity index (χ2v) is 13.0. The zero-order chi connectivity index (χ0) is 33.8. The second-order valence-electron chi connectivity index (χ2n) is 10.3. The van der Waals surface area contributed by atoms with Crippen LogP contribution in [0.3, 0.4) is 0 Å². The SMILES string of the molecule is CCC(=O)NCCCN1/C(=C/C=C/C=C(C(=O)Nc2cccc(C#N)c2)C(=O)Nc2cccc(C#N)c2)P(C)c2cc(SO)ccc21. The number of rotatable bonds is 12. The first-order valence-electron chi connectivity index (χ1n) is 14.7. The minimum Gasteiger partial charge on any atom is -0.356 e. The largest absolute Gasteiger partial charge is 0.356 e. The van der Waals surface area contributed by atoms with E-state index in [0.29, 0.717) is 54.1 Å². The van der Waals surface area contributed by atoms with E-state index in [2.05, 4.69) is 27.5 Å². The van der Waals surface area contributed by atoms with Gasteiger partial charge in [0.1, 0.15) is 5.57 Å². The predicted molar refractivity (Wildman–Crippen MR) is 188 cm³/mol. The van der Waals surface area contributed by atoms with Crippen molar-refractivity contribution in [3.63, 3.8) is 0 Å². The highest BCUT2D eigenvalue weighted by atomic mass is 32.2. The molecular formula is C35H33N6O4PS. The van der Waals surface area contributed by atoms with E-state index in [1.807, 2.05) is 43.3 Å². The molecule has 1 heterocycles. The molecule has 4 N–H and O–H groups in total. The van der Waals surface area contributed by atoms with E-state index in [1.165, 1.54) is 18.2 Å². The Balaban J connectivity index is 1.62. The molecule has 3 aromatic carbocycles. The molecule has 1 aliphatic heterocycles. The van der Waals surface area contributed by atoms with Crippen molar-refractivity contribution < 1.29 is 18.9 Å². The molecule has 0 aromatic heterocycles. The van der Waals surface area contributed by atoms with Crippen LogP contribution in [0.2, 0.25) is 0 Å². The summed E-state index contributed by atoms with van der Waals surface area (Å²) in [6.07, 6.45) is 7.87. The average Bonchev–Trinajstić information content (AvgIpc) is 3.35. The molecule has 0 radical (unpaired) electrons. The number of amides is 3. The second kappa shape index (κ2) is 16.9. The molecule has 0 saturated carbocycles. The molecule has 1 atom stereocenters. The van der Waals surface area contributed by atoms with Gasteiger partial charge in [0.25, 0.3) is 11.8 Å². The van der Waals surface area contributed by atoms with Crippen molar-refractivity contribution in [1.82, 2.24) is 5.32 Å². The normalized spacial score (nSPS) is 14.2. The number of carbonyl (C=O) groups is 3. The smallest absolute Gasteiger partial charge is 0.261 e. The molecule has 0 aliphatic carbocycles. The Morgan fingerprint density at radius 1 is 0.936 bits per heavy atom. The first-order valence-corrected chi connectivity index (χ1v) is 17.3. The van der Waals surface area contributed by atoms with E-state index in [-0.39, 0.29) is 11.5 Å². The number of fused-ring (bicyclic) bond motifs is 1. The highest BCUT2D eigenvalue weighted by Crippen LogP contribution is 2.52. The summed E-state index contributed by atoms with van der Waals surface area (Å²) in [5, 5.41) is 27.9. The minimum absolute atomic E-state index is 0.000854. The third-order valence-electron chi connectivity index (χ3n) is 7.13. The van der Waals surface area contributed by atoms with Crippen LogP contribution in [0.1, 0.15) is 30.9 Å². The van der Waals surface area contributed by atoms with Crippen LogP contribution in [-0.4, -0.2) is 42.0 Å². The molecule has 0 fully saturated rings. The van der Waals surface area contributed by atoms with Gasteiger partial charge in [-0.25, -0.2) is 0 Å². The summed E-state index contributed by atoms with van der Waals surface area (Å²) in [4.78, 5) is 41.4. The Labute approximate surface area is 279 Å². The lowest BCUT2D eigenvalue weighted by Gasteiger charge is -2.22. The third-order valence-corrected chi connectivity index (χ3v) is 9.76. The summed E-state index contributed by atoms with van der Waals surface area (Å²) in [5.74, 6) is -1.36. The van der Waals surface area contributed by atoms with Crippen molar-refractivity contribution in [3.05, 3.63) is 113 Å². The Bertz CT molecular complexity index is 1770. The molecule has 0 saturated heterocycles. The van der Waals surface area contributed by atoms with Crippen molar-refractivity contribution in [1.29, 1.82) is 10.5 Å². The molecule has 0 spiro atoms. The van der Waals surface area contributed by atoms with Gasteiger partial charge in [-0.05, 0) is 87.8 Å². The number of allylic oxidation sites excluding steroid dienone is 4. The number of benzene rings is 3. The maximum absolute atomic E-state index is 13.4. The molecular weight excluding hydrogens is 631 g/mol. The summed E-state index contributed by atoms with van der Waals surface area (Å²) >= 11 is 0.697. The number of hydrogen-bond acceptors (Lipinski definition) is 8. The van der Waals surface area contributed by atoms with Gasteiger partial charge in [0.2, 0.25) is 5.91 Å². The van der Waals surface area contributed by atoms with E-state index in [9.17, 15) is 29.5 Å². The fourth-order valence-electron chi connectivity index (χ4n) is 4.79. The number of anilines is 3. The number of nitrogens with zero attached hydrogens (tertiary/aromatic N) is 3. The van der Waals surface area contributed by atoms with E-state index in [0.717, 1.165) is 27.7 Å². The highest BCUT2D eigenvalue weighted by molar-refractivity contribution is 7.93. The lowest BCUT2D eigenvalue weighted by atomic mass is 10.1. The number of nitriles is 2. The predicted octanol–water partition coefficient (Wildman–Crippen LogP) is 6.07. The van der Waals surface area contributed by atoms with E-state index in [1.54, 1.807) is 48.6 Å². The molecule has 3 amide bonds. The van der Waals surface area contributed by atoms with Gasteiger partial charge in [0.05, 0.1) is 23.3 Å². The van der Waals surface area contributed by atoms with Gasteiger partial charge >= 0.3 is 0 Å². The summed E-state index contributed by atoms with van der Waals surface area (Å²) in [5.41, 5.74) is 3.31. The van der Waals surface area contributed by atoms with E-state index >= 15 is 0 Å². The zero-order valence-corrected chi connectivity index (χ0v) is 27.6. The van der Waals surface area contributed by atoms with Gasteiger partial charge in [-0.2, -0.15) is 10.5 Å². The van der Waals surface area contributed by atoms with Crippen molar-refractivity contribution in [2.75, 3.05) is 35.3 Å². The number of carbonyl (C=O) groups excluding carboxylic acids is 3. The fourth-order valence-corrected chi connectivity index (χ4v) is 7.17. The highest BCUT2D eigenvalue weighted by Gasteiger charge is 2.30. The Morgan fingerprint density at radius 2 is 1.57 bits per heavy atom. The van der Waals surface area contributed by atoms with E-state index in [4.69, 9.17) is 0 Å². The van der Waals surface area contributed by atoms with Crippen LogP contribution < -0.4 is 26.2 Å². The molecule has 10 nitrogen and oxygen atoms in total. The first-order chi connectivity index (χ1) is 22.8. The maximum Gasteiger partial charge on any atom is 0.261 e. The van der Waals surface area contributed by atoms with Crippen molar-refractivity contribution in [2.45, 2.75) is 24.7 Å². The first kappa shape index (κ1) is 34.7. The van der Waals surface area contributed by atoms with Crippen LogP contribution >= 0.6 is 20.0 Å². The van der Waals surface area contributed by atoms with Gasteiger partial charge in [0, 0.05) is 64.3 Å². The summed E-state index contributed by atoms with van der Waals surface area (Å²) in [6.45, 7) is 5.14. The summed E-state index contributed by atoms with van der Waals surface area (Å²) < 4.78 is 9.63. The van der Waals surface area contributed by atoms with Gasteiger partial charge in [-0.15, -0.1) is 0 Å². The monoisotopic (exact) mass is 664 g/mol. The lowest BCUT2D eigenvalue weighted by Crippen LogP contribution is -2.28. The molecule has 4 rings (SSSR count). The maximum atomic E-state index is 13.4. The number of nitrogens with one attached hydrogen (secondary N) is 3. The number of hydrogen-bond donors (Lipinski definition) is 4. The standard InChI is InChI=1S/C35H33N6O4PS/c1-3-32(42)38-17-8-18-41-30-16-15-28(47-45)21-31(30)46(2)33(41)14-5-4-13-29(34(43)39-26-11-6-9-24(19-26)22-36)35(44)40-27-12-7-10-25(20-27)23-37/h4-7,9-16,19-21,45H,3,8,17-18H2,1-2H3,(H,38,42)(H,39,43)(H,40,44)/b5-4+,33-14-. The lowest BCUT2D eigenvalue weighted by molar-refractivity contribution is -0.121. The average molecular weight is 665 g/mol. The molecule has 3 aromatic rings. The fraction of sp³-hybridized carbons (Fsp3) is 0.171. The van der Waals surface area contributed by atoms with E-state index < -0.39 is 19.7 Å².